The first-order chi connectivity index (χ1) is 7.19. The van der Waals surface area contributed by atoms with Gasteiger partial charge in [-0.2, -0.15) is 0 Å². The standard InChI is InChI=1S/C11H15NO2S/c1-3-4-5-6-8-7-9(10(12)15-8)11(13)14-2/h4-5,7H,3,6,12H2,1-2H3/b5-4-. The van der Waals surface area contributed by atoms with Crippen molar-refractivity contribution in [3.05, 3.63) is 28.7 Å². The first-order valence-corrected chi connectivity index (χ1v) is 5.62. The van der Waals surface area contributed by atoms with E-state index in [0.717, 1.165) is 17.7 Å². The Morgan fingerprint density at radius 2 is 2.33 bits per heavy atom. The highest BCUT2D eigenvalue weighted by Gasteiger charge is 2.13. The first-order valence-electron chi connectivity index (χ1n) is 4.80. The van der Waals surface area contributed by atoms with Crippen molar-refractivity contribution in [2.75, 3.05) is 12.8 Å². The molecule has 0 spiro atoms. The van der Waals surface area contributed by atoms with E-state index in [9.17, 15) is 4.79 Å². The van der Waals surface area contributed by atoms with E-state index in [1.54, 1.807) is 6.07 Å². The van der Waals surface area contributed by atoms with Crippen LogP contribution < -0.4 is 5.73 Å². The van der Waals surface area contributed by atoms with Crippen molar-refractivity contribution in [3.8, 4) is 0 Å². The molecule has 0 atom stereocenters. The molecule has 0 saturated carbocycles. The summed E-state index contributed by atoms with van der Waals surface area (Å²) in [6.45, 7) is 2.08. The molecule has 1 rings (SSSR count). The van der Waals surface area contributed by atoms with E-state index >= 15 is 0 Å². The molecule has 0 radical (unpaired) electrons. The highest BCUT2D eigenvalue weighted by Crippen LogP contribution is 2.26. The lowest BCUT2D eigenvalue weighted by Crippen LogP contribution is -2.01. The molecule has 3 nitrogen and oxygen atoms in total. The van der Waals surface area contributed by atoms with Gasteiger partial charge in [0.2, 0.25) is 0 Å². The van der Waals surface area contributed by atoms with Gasteiger partial charge in [0.1, 0.15) is 5.00 Å². The van der Waals surface area contributed by atoms with Gasteiger partial charge in [-0.15, -0.1) is 11.3 Å². The molecule has 15 heavy (non-hydrogen) atoms. The van der Waals surface area contributed by atoms with Crippen molar-refractivity contribution >= 4 is 22.3 Å². The number of nitrogens with two attached hydrogens (primary N) is 1. The van der Waals surface area contributed by atoms with Gasteiger partial charge >= 0.3 is 5.97 Å². The molecular weight excluding hydrogens is 210 g/mol. The summed E-state index contributed by atoms with van der Waals surface area (Å²) < 4.78 is 4.63. The van der Waals surface area contributed by atoms with Crippen LogP contribution in [-0.2, 0) is 11.2 Å². The maximum atomic E-state index is 11.3. The van der Waals surface area contributed by atoms with Crippen LogP contribution in [0.15, 0.2) is 18.2 Å². The minimum atomic E-state index is -0.366. The van der Waals surface area contributed by atoms with E-state index in [-0.39, 0.29) is 5.97 Å². The first kappa shape index (κ1) is 11.8. The van der Waals surface area contributed by atoms with Crippen molar-refractivity contribution < 1.29 is 9.53 Å². The van der Waals surface area contributed by atoms with Gasteiger partial charge in [0.15, 0.2) is 0 Å². The average molecular weight is 225 g/mol. The zero-order valence-electron chi connectivity index (χ0n) is 8.95. The van der Waals surface area contributed by atoms with E-state index < -0.39 is 0 Å². The number of hydrogen-bond donors (Lipinski definition) is 1. The summed E-state index contributed by atoms with van der Waals surface area (Å²) in [6.07, 6.45) is 6.00. The Hall–Kier alpha value is -1.29. The molecule has 82 valence electrons. The molecule has 4 heteroatoms. The van der Waals surface area contributed by atoms with Crippen LogP contribution in [0.3, 0.4) is 0 Å². The minimum Gasteiger partial charge on any atom is -0.465 e. The topological polar surface area (TPSA) is 52.3 Å². The predicted molar refractivity (Wildman–Crippen MR) is 63.2 cm³/mol. The molecule has 2 N–H and O–H groups in total. The minimum absolute atomic E-state index is 0.366. The molecule has 0 bridgehead atoms. The zero-order valence-corrected chi connectivity index (χ0v) is 9.76. The number of hydrogen-bond acceptors (Lipinski definition) is 4. The lowest BCUT2D eigenvalue weighted by Gasteiger charge is -1.94. The van der Waals surface area contributed by atoms with E-state index in [0.29, 0.717) is 10.6 Å². The summed E-state index contributed by atoms with van der Waals surface area (Å²) in [7, 11) is 1.36. The number of thiophene rings is 1. The van der Waals surface area contributed by atoms with Crippen molar-refractivity contribution in [1.82, 2.24) is 0 Å². The van der Waals surface area contributed by atoms with E-state index in [1.807, 2.05) is 0 Å². The lowest BCUT2D eigenvalue weighted by atomic mass is 10.2. The molecule has 1 heterocycles. The summed E-state index contributed by atoms with van der Waals surface area (Å²) in [4.78, 5) is 12.3. The summed E-state index contributed by atoms with van der Waals surface area (Å²) in [6, 6.07) is 1.80. The second-order valence-corrected chi connectivity index (χ2v) is 4.23. The third-order valence-corrected chi connectivity index (χ3v) is 2.93. The average Bonchev–Trinajstić information content (AvgIpc) is 2.59. The van der Waals surface area contributed by atoms with Crippen LogP contribution in [0.4, 0.5) is 5.00 Å². The van der Waals surface area contributed by atoms with Crippen LogP contribution in [0.5, 0.6) is 0 Å². The third kappa shape index (κ3) is 3.09. The van der Waals surface area contributed by atoms with Gasteiger partial charge in [0, 0.05) is 4.88 Å². The van der Waals surface area contributed by atoms with Gasteiger partial charge in [-0.05, 0) is 18.9 Å². The predicted octanol–water partition coefficient (Wildman–Crippen LogP) is 2.63. The SMILES string of the molecule is CC/C=C\Cc1cc(C(=O)OC)c(N)s1. The van der Waals surface area contributed by atoms with E-state index in [1.165, 1.54) is 18.4 Å². The van der Waals surface area contributed by atoms with E-state index in [4.69, 9.17) is 5.73 Å². The van der Waals surface area contributed by atoms with Crippen LogP contribution in [0, 0.1) is 0 Å². The molecular formula is C11H15NO2S. The van der Waals surface area contributed by atoms with Gasteiger partial charge in [-0.3, -0.25) is 0 Å². The molecule has 0 unspecified atom stereocenters. The number of allylic oxidation sites excluding steroid dienone is 2. The lowest BCUT2D eigenvalue weighted by molar-refractivity contribution is 0.0602. The second-order valence-electron chi connectivity index (χ2n) is 3.07. The van der Waals surface area contributed by atoms with Gasteiger partial charge in [0.05, 0.1) is 12.7 Å². The Bertz CT molecular complexity index is 369. The molecule has 0 aliphatic carbocycles. The molecule has 1 aromatic rings. The summed E-state index contributed by atoms with van der Waals surface area (Å²) >= 11 is 1.43. The van der Waals surface area contributed by atoms with Crippen molar-refractivity contribution in [2.45, 2.75) is 19.8 Å². The van der Waals surface area contributed by atoms with Gasteiger partial charge in [-0.1, -0.05) is 19.1 Å². The Labute approximate surface area is 93.6 Å². The van der Waals surface area contributed by atoms with Gasteiger partial charge in [0.25, 0.3) is 0 Å². The fraction of sp³-hybridized carbons (Fsp3) is 0.364. The maximum Gasteiger partial charge on any atom is 0.340 e. The van der Waals surface area contributed by atoms with Crippen molar-refractivity contribution in [1.29, 1.82) is 0 Å². The highest BCUT2D eigenvalue weighted by molar-refractivity contribution is 7.16. The van der Waals surface area contributed by atoms with Crippen LogP contribution in [0.1, 0.15) is 28.6 Å². The molecule has 0 fully saturated rings. The second kappa shape index (κ2) is 5.56. The normalized spacial score (nSPS) is 10.8. The molecule has 0 aliphatic heterocycles. The number of methoxy groups -OCH3 is 1. The molecule has 0 aliphatic rings. The Morgan fingerprint density at radius 1 is 1.60 bits per heavy atom. The van der Waals surface area contributed by atoms with Crippen LogP contribution in [0.25, 0.3) is 0 Å². The zero-order chi connectivity index (χ0) is 11.3. The Kier molecular flexibility index (Phi) is 4.37. The molecule has 0 amide bonds. The van der Waals surface area contributed by atoms with Gasteiger partial charge < -0.3 is 10.5 Å². The smallest absolute Gasteiger partial charge is 0.340 e. The van der Waals surface area contributed by atoms with E-state index in [2.05, 4.69) is 23.8 Å². The monoisotopic (exact) mass is 225 g/mol. The summed E-state index contributed by atoms with van der Waals surface area (Å²) in [5.41, 5.74) is 6.19. The highest BCUT2D eigenvalue weighted by atomic mass is 32.1. The van der Waals surface area contributed by atoms with Crippen molar-refractivity contribution in [2.24, 2.45) is 0 Å². The third-order valence-electron chi connectivity index (χ3n) is 1.94. The Balaban J connectivity index is 2.77. The number of carbonyl (C=O) groups excluding carboxylic acids is 1. The molecule has 1 aromatic heterocycles. The largest absolute Gasteiger partial charge is 0.465 e. The number of anilines is 1. The van der Waals surface area contributed by atoms with Crippen LogP contribution >= 0.6 is 11.3 Å². The fourth-order valence-corrected chi connectivity index (χ4v) is 2.09. The number of rotatable bonds is 4. The maximum absolute atomic E-state index is 11.3. The number of carbonyl (C=O) groups is 1. The summed E-state index contributed by atoms with van der Waals surface area (Å²) in [5, 5.41) is 0.529. The quantitative estimate of drug-likeness (QED) is 0.633. The molecule has 0 aromatic carbocycles. The fourth-order valence-electron chi connectivity index (χ4n) is 1.19. The van der Waals surface area contributed by atoms with Gasteiger partial charge in [-0.25, -0.2) is 4.79 Å². The van der Waals surface area contributed by atoms with Crippen LogP contribution in [-0.4, -0.2) is 13.1 Å². The number of nitrogen functional groups attached to an aromatic ring is 1. The van der Waals surface area contributed by atoms with Crippen LogP contribution in [0.2, 0.25) is 0 Å². The van der Waals surface area contributed by atoms with Crippen molar-refractivity contribution in [3.63, 3.8) is 0 Å². The summed E-state index contributed by atoms with van der Waals surface area (Å²) in [5.74, 6) is -0.366. The Morgan fingerprint density at radius 3 is 2.93 bits per heavy atom. The number of ether oxygens (including phenoxy) is 1. The number of esters is 1. The molecule has 0 saturated heterocycles.